The van der Waals surface area contributed by atoms with E-state index in [2.05, 4.69) is 20.4 Å². The number of rotatable bonds is 3. The number of amides is 1. The van der Waals surface area contributed by atoms with E-state index in [0.29, 0.717) is 23.7 Å². The largest absolute Gasteiger partial charge is 0.359 e. The zero-order chi connectivity index (χ0) is 12.3. The first-order valence-corrected chi connectivity index (χ1v) is 5.14. The third-order valence-corrected chi connectivity index (χ3v) is 2.14. The van der Waals surface area contributed by atoms with Crippen molar-refractivity contribution < 1.29 is 9.32 Å². The van der Waals surface area contributed by atoms with Crippen LogP contribution in [0.5, 0.6) is 0 Å². The van der Waals surface area contributed by atoms with Crippen molar-refractivity contribution in [2.24, 2.45) is 0 Å². The van der Waals surface area contributed by atoms with Crippen LogP contribution in [0.25, 0.3) is 0 Å². The van der Waals surface area contributed by atoms with Crippen LogP contribution in [0.15, 0.2) is 23.0 Å². The molecule has 2 aromatic rings. The SMILES string of the molecule is Cc1cc(CNC(=O)c2cnc(C)nc2)on1. The maximum absolute atomic E-state index is 11.7. The van der Waals surface area contributed by atoms with Gasteiger partial charge in [0.25, 0.3) is 5.91 Å². The molecule has 0 aliphatic heterocycles. The summed E-state index contributed by atoms with van der Waals surface area (Å²) < 4.78 is 4.97. The quantitative estimate of drug-likeness (QED) is 0.854. The molecular weight excluding hydrogens is 220 g/mol. The molecule has 1 amide bonds. The second kappa shape index (κ2) is 4.73. The van der Waals surface area contributed by atoms with Crippen molar-refractivity contribution in [3.05, 3.63) is 41.3 Å². The van der Waals surface area contributed by atoms with Crippen LogP contribution in [-0.4, -0.2) is 21.0 Å². The van der Waals surface area contributed by atoms with E-state index in [1.165, 1.54) is 12.4 Å². The number of aromatic nitrogens is 3. The smallest absolute Gasteiger partial charge is 0.254 e. The van der Waals surface area contributed by atoms with Crippen LogP contribution in [0.4, 0.5) is 0 Å². The maximum atomic E-state index is 11.7. The van der Waals surface area contributed by atoms with Gasteiger partial charge in [0.15, 0.2) is 5.76 Å². The molecule has 0 bridgehead atoms. The van der Waals surface area contributed by atoms with Gasteiger partial charge in [0.05, 0.1) is 17.8 Å². The highest BCUT2D eigenvalue weighted by atomic mass is 16.5. The average molecular weight is 232 g/mol. The van der Waals surface area contributed by atoms with Crippen LogP contribution in [0.3, 0.4) is 0 Å². The Morgan fingerprint density at radius 2 is 2.06 bits per heavy atom. The summed E-state index contributed by atoms with van der Waals surface area (Å²) >= 11 is 0. The van der Waals surface area contributed by atoms with Gasteiger partial charge in [-0.25, -0.2) is 9.97 Å². The van der Waals surface area contributed by atoms with Crippen LogP contribution in [0.1, 0.15) is 27.6 Å². The summed E-state index contributed by atoms with van der Waals surface area (Å²) in [7, 11) is 0. The molecule has 0 atom stereocenters. The van der Waals surface area contributed by atoms with E-state index < -0.39 is 0 Å². The first kappa shape index (κ1) is 11.3. The van der Waals surface area contributed by atoms with E-state index in [-0.39, 0.29) is 5.91 Å². The van der Waals surface area contributed by atoms with Crippen molar-refractivity contribution in [1.82, 2.24) is 20.4 Å². The summed E-state index contributed by atoms with van der Waals surface area (Å²) in [5.74, 6) is 1.01. The van der Waals surface area contributed by atoms with Gasteiger partial charge < -0.3 is 9.84 Å². The van der Waals surface area contributed by atoms with E-state index in [1.54, 1.807) is 13.0 Å². The molecule has 0 radical (unpaired) electrons. The zero-order valence-corrected chi connectivity index (χ0v) is 9.60. The van der Waals surface area contributed by atoms with Gasteiger partial charge in [0.2, 0.25) is 0 Å². The number of carbonyl (C=O) groups excluding carboxylic acids is 1. The predicted molar refractivity (Wildman–Crippen MR) is 59.2 cm³/mol. The van der Waals surface area contributed by atoms with Gasteiger partial charge in [0.1, 0.15) is 5.82 Å². The van der Waals surface area contributed by atoms with Crippen LogP contribution in [-0.2, 0) is 6.54 Å². The maximum Gasteiger partial charge on any atom is 0.254 e. The van der Waals surface area contributed by atoms with Gasteiger partial charge in [-0.2, -0.15) is 0 Å². The van der Waals surface area contributed by atoms with Crippen molar-refractivity contribution in [3.63, 3.8) is 0 Å². The van der Waals surface area contributed by atoms with Crippen LogP contribution < -0.4 is 5.32 Å². The Kier molecular flexibility index (Phi) is 3.13. The van der Waals surface area contributed by atoms with E-state index >= 15 is 0 Å². The fourth-order valence-electron chi connectivity index (χ4n) is 1.28. The average Bonchev–Trinajstić information content (AvgIpc) is 2.73. The molecule has 6 nitrogen and oxygen atoms in total. The molecule has 2 rings (SSSR count). The van der Waals surface area contributed by atoms with Gasteiger partial charge in [-0.3, -0.25) is 4.79 Å². The van der Waals surface area contributed by atoms with Gasteiger partial charge in [-0.05, 0) is 13.8 Å². The molecule has 0 unspecified atom stereocenters. The highest BCUT2D eigenvalue weighted by Crippen LogP contribution is 2.02. The molecule has 0 aromatic carbocycles. The van der Waals surface area contributed by atoms with Gasteiger partial charge in [0, 0.05) is 18.5 Å². The summed E-state index contributed by atoms with van der Waals surface area (Å²) in [5, 5.41) is 6.42. The molecule has 2 heterocycles. The number of aryl methyl sites for hydroxylation is 2. The summed E-state index contributed by atoms with van der Waals surface area (Å²) in [4.78, 5) is 19.6. The lowest BCUT2D eigenvalue weighted by Crippen LogP contribution is -2.22. The highest BCUT2D eigenvalue weighted by Gasteiger charge is 2.07. The fraction of sp³-hybridized carbons (Fsp3) is 0.273. The van der Waals surface area contributed by atoms with Crippen LogP contribution in [0.2, 0.25) is 0 Å². The summed E-state index contributed by atoms with van der Waals surface area (Å²) in [6.07, 6.45) is 2.98. The number of nitrogens with zero attached hydrogens (tertiary/aromatic N) is 3. The summed E-state index contributed by atoms with van der Waals surface area (Å²) in [5.41, 5.74) is 1.21. The second-order valence-electron chi connectivity index (χ2n) is 3.64. The summed E-state index contributed by atoms with van der Waals surface area (Å²) in [6.45, 7) is 3.88. The standard InChI is InChI=1S/C11H12N4O2/c1-7-3-10(17-15-7)6-14-11(16)9-4-12-8(2)13-5-9/h3-5H,6H2,1-2H3,(H,14,16). The minimum Gasteiger partial charge on any atom is -0.359 e. The molecule has 0 spiro atoms. The number of nitrogens with one attached hydrogen (secondary N) is 1. The van der Waals surface area contributed by atoms with Gasteiger partial charge >= 0.3 is 0 Å². The van der Waals surface area contributed by atoms with Crippen molar-refractivity contribution in [2.75, 3.05) is 0 Å². The Morgan fingerprint density at radius 1 is 1.35 bits per heavy atom. The fourth-order valence-corrected chi connectivity index (χ4v) is 1.28. The Hall–Kier alpha value is -2.24. The first-order valence-electron chi connectivity index (χ1n) is 5.14. The Balaban J connectivity index is 1.95. The third kappa shape index (κ3) is 2.87. The molecule has 0 aliphatic carbocycles. The molecule has 0 saturated heterocycles. The molecule has 0 aliphatic rings. The van der Waals surface area contributed by atoms with Crippen LogP contribution in [0, 0.1) is 13.8 Å². The molecular formula is C11H12N4O2. The highest BCUT2D eigenvalue weighted by molar-refractivity contribution is 5.93. The van der Waals surface area contributed by atoms with E-state index in [9.17, 15) is 4.79 Å². The van der Waals surface area contributed by atoms with Gasteiger partial charge in [-0.1, -0.05) is 5.16 Å². The van der Waals surface area contributed by atoms with Crippen molar-refractivity contribution >= 4 is 5.91 Å². The monoisotopic (exact) mass is 232 g/mol. The lowest BCUT2D eigenvalue weighted by Gasteiger charge is -2.01. The number of hydrogen-bond acceptors (Lipinski definition) is 5. The van der Waals surface area contributed by atoms with E-state index in [4.69, 9.17) is 4.52 Å². The zero-order valence-electron chi connectivity index (χ0n) is 9.60. The van der Waals surface area contributed by atoms with Gasteiger partial charge in [-0.15, -0.1) is 0 Å². The van der Waals surface area contributed by atoms with Crippen molar-refractivity contribution in [2.45, 2.75) is 20.4 Å². The molecule has 17 heavy (non-hydrogen) atoms. The normalized spacial score (nSPS) is 10.2. The molecule has 2 aromatic heterocycles. The first-order chi connectivity index (χ1) is 8.15. The van der Waals surface area contributed by atoms with Crippen molar-refractivity contribution in [1.29, 1.82) is 0 Å². The Morgan fingerprint density at radius 3 is 2.65 bits per heavy atom. The Labute approximate surface area is 98.1 Å². The Bertz CT molecular complexity index is 519. The molecule has 88 valence electrons. The predicted octanol–water partition coefficient (Wildman–Crippen LogP) is 1.01. The minimum atomic E-state index is -0.237. The molecule has 0 saturated carbocycles. The van der Waals surface area contributed by atoms with E-state index in [1.807, 2.05) is 6.92 Å². The third-order valence-electron chi connectivity index (χ3n) is 2.14. The molecule has 1 N–H and O–H groups in total. The van der Waals surface area contributed by atoms with Crippen LogP contribution >= 0.6 is 0 Å². The van der Waals surface area contributed by atoms with Crippen molar-refractivity contribution in [3.8, 4) is 0 Å². The molecule has 0 fully saturated rings. The molecule has 6 heteroatoms. The lowest BCUT2D eigenvalue weighted by molar-refractivity contribution is 0.0946. The lowest BCUT2D eigenvalue weighted by atomic mass is 10.3. The van der Waals surface area contributed by atoms with E-state index in [0.717, 1.165) is 5.69 Å². The topological polar surface area (TPSA) is 80.9 Å². The summed E-state index contributed by atoms with van der Waals surface area (Å²) in [6, 6.07) is 1.77. The second-order valence-corrected chi connectivity index (χ2v) is 3.64. The minimum absolute atomic E-state index is 0.237. The number of carbonyl (C=O) groups is 1. The number of hydrogen-bond donors (Lipinski definition) is 1.